The van der Waals surface area contributed by atoms with Gasteiger partial charge in [0.05, 0.1) is 17.8 Å². The maximum absolute atomic E-state index is 12.3. The van der Waals surface area contributed by atoms with E-state index in [-0.39, 0.29) is 11.8 Å². The molecule has 0 N–H and O–H groups in total. The second kappa shape index (κ2) is 5.77. The molecule has 0 aliphatic carbocycles. The summed E-state index contributed by atoms with van der Waals surface area (Å²) in [4.78, 5) is 4.16. The average Bonchev–Trinajstić information content (AvgIpc) is 2.82. The number of rotatable bonds is 4. The van der Waals surface area contributed by atoms with E-state index in [0.29, 0.717) is 11.6 Å². The third kappa shape index (κ3) is 4.78. The second-order valence-electron chi connectivity index (χ2n) is 5.99. The zero-order valence-electron chi connectivity index (χ0n) is 12.1. The lowest BCUT2D eigenvalue weighted by Crippen LogP contribution is -2.23. The minimum absolute atomic E-state index is 0.185. The summed E-state index contributed by atoms with van der Waals surface area (Å²) in [5, 5.41) is 18.2. The molecule has 4 nitrogen and oxygen atoms in total. The van der Waals surface area contributed by atoms with Crippen LogP contribution in [0, 0.1) is 28.1 Å². The number of nitriles is 2. The van der Waals surface area contributed by atoms with Crippen LogP contribution in [0.2, 0.25) is 0 Å². The summed E-state index contributed by atoms with van der Waals surface area (Å²) in [5.74, 6) is 0.415. The van der Waals surface area contributed by atoms with Crippen LogP contribution in [-0.2, 0) is 11.8 Å². The SMILES string of the molecule is CC(C)(C)c1nc(CC(C#N)(C#N)CCC(F)(F)F)co1. The molecule has 1 rings (SSSR count). The van der Waals surface area contributed by atoms with Crippen molar-refractivity contribution in [1.82, 2.24) is 4.98 Å². The number of aromatic nitrogens is 1. The Morgan fingerprint density at radius 2 is 1.71 bits per heavy atom. The molecule has 0 amide bonds. The predicted molar refractivity (Wildman–Crippen MR) is 67.9 cm³/mol. The smallest absolute Gasteiger partial charge is 0.389 e. The molecule has 0 aromatic carbocycles. The van der Waals surface area contributed by atoms with Crippen molar-refractivity contribution >= 4 is 0 Å². The van der Waals surface area contributed by atoms with Crippen molar-refractivity contribution in [3.05, 3.63) is 17.8 Å². The van der Waals surface area contributed by atoms with Gasteiger partial charge in [0.1, 0.15) is 11.7 Å². The molecule has 1 aromatic rings. The van der Waals surface area contributed by atoms with Crippen LogP contribution in [0.5, 0.6) is 0 Å². The Morgan fingerprint density at radius 1 is 1.14 bits per heavy atom. The Hall–Kier alpha value is -2.02. The summed E-state index contributed by atoms with van der Waals surface area (Å²) in [6.45, 7) is 5.61. The van der Waals surface area contributed by atoms with Crippen molar-refractivity contribution in [3.8, 4) is 12.1 Å². The van der Waals surface area contributed by atoms with Crippen LogP contribution in [-0.4, -0.2) is 11.2 Å². The monoisotopic (exact) mass is 299 g/mol. The number of halogens is 3. The summed E-state index contributed by atoms with van der Waals surface area (Å²) < 4.78 is 42.2. The Labute approximate surface area is 121 Å². The molecule has 0 aliphatic rings. The van der Waals surface area contributed by atoms with Gasteiger partial charge in [-0.05, 0) is 6.42 Å². The topological polar surface area (TPSA) is 73.6 Å². The standard InChI is InChI=1S/C14H16F3N3O/c1-12(2,3)11-20-10(7-21-11)6-13(8-18,9-19)4-5-14(15,16)17/h7H,4-6H2,1-3H3. The second-order valence-corrected chi connectivity index (χ2v) is 5.99. The highest BCUT2D eigenvalue weighted by Crippen LogP contribution is 2.33. The summed E-state index contributed by atoms with van der Waals surface area (Å²) >= 11 is 0. The van der Waals surface area contributed by atoms with Gasteiger partial charge < -0.3 is 4.42 Å². The fourth-order valence-electron chi connectivity index (χ4n) is 1.70. The van der Waals surface area contributed by atoms with Crippen molar-refractivity contribution in [2.45, 2.75) is 51.6 Å². The van der Waals surface area contributed by atoms with Crippen molar-refractivity contribution in [3.63, 3.8) is 0 Å². The van der Waals surface area contributed by atoms with Gasteiger partial charge in [0.25, 0.3) is 0 Å². The lowest BCUT2D eigenvalue weighted by molar-refractivity contribution is -0.138. The molecule has 0 fully saturated rings. The first-order valence-electron chi connectivity index (χ1n) is 6.35. The lowest BCUT2D eigenvalue weighted by atomic mass is 9.82. The van der Waals surface area contributed by atoms with E-state index in [1.807, 2.05) is 20.8 Å². The van der Waals surface area contributed by atoms with Crippen molar-refractivity contribution in [1.29, 1.82) is 10.5 Å². The molecule has 0 aliphatic heterocycles. The predicted octanol–water partition coefficient (Wildman–Crippen LogP) is 3.89. The van der Waals surface area contributed by atoms with Gasteiger partial charge in [0, 0.05) is 18.3 Å². The van der Waals surface area contributed by atoms with Crippen LogP contribution >= 0.6 is 0 Å². The van der Waals surface area contributed by atoms with E-state index in [2.05, 4.69) is 4.98 Å². The first-order valence-corrected chi connectivity index (χ1v) is 6.35. The van der Waals surface area contributed by atoms with Crippen molar-refractivity contribution < 1.29 is 17.6 Å². The van der Waals surface area contributed by atoms with Gasteiger partial charge >= 0.3 is 6.18 Å². The average molecular weight is 299 g/mol. The quantitative estimate of drug-likeness (QED) is 0.845. The van der Waals surface area contributed by atoms with Gasteiger partial charge in [-0.1, -0.05) is 20.8 Å². The van der Waals surface area contributed by atoms with Gasteiger partial charge in [-0.15, -0.1) is 0 Å². The zero-order chi connectivity index (χ0) is 16.3. The minimum atomic E-state index is -4.40. The first-order chi connectivity index (χ1) is 9.51. The summed E-state index contributed by atoms with van der Waals surface area (Å²) in [6, 6.07) is 3.38. The largest absolute Gasteiger partial charge is 0.448 e. The third-order valence-corrected chi connectivity index (χ3v) is 2.94. The molecule has 0 bridgehead atoms. The Balaban J connectivity index is 2.92. The maximum Gasteiger partial charge on any atom is 0.389 e. The molecular formula is C14H16F3N3O. The van der Waals surface area contributed by atoms with Gasteiger partial charge in [0.15, 0.2) is 5.89 Å². The van der Waals surface area contributed by atoms with Crippen molar-refractivity contribution in [2.75, 3.05) is 0 Å². The van der Waals surface area contributed by atoms with E-state index in [0.717, 1.165) is 0 Å². The van der Waals surface area contributed by atoms with Crippen LogP contribution < -0.4 is 0 Å². The highest BCUT2D eigenvalue weighted by atomic mass is 19.4. The Morgan fingerprint density at radius 3 is 2.10 bits per heavy atom. The van der Waals surface area contributed by atoms with E-state index in [9.17, 15) is 13.2 Å². The van der Waals surface area contributed by atoms with Gasteiger partial charge in [-0.3, -0.25) is 0 Å². The summed E-state index contributed by atoms with van der Waals surface area (Å²) in [7, 11) is 0. The van der Waals surface area contributed by atoms with Crippen molar-refractivity contribution in [2.24, 2.45) is 5.41 Å². The van der Waals surface area contributed by atoms with Crippen LogP contribution in [0.15, 0.2) is 10.7 Å². The van der Waals surface area contributed by atoms with Crippen LogP contribution in [0.4, 0.5) is 13.2 Å². The van der Waals surface area contributed by atoms with Crippen LogP contribution in [0.25, 0.3) is 0 Å². The first kappa shape index (κ1) is 17.0. The minimum Gasteiger partial charge on any atom is -0.448 e. The number of oxazole rings is 1. The highest BCUT2D eigenvalue weighted by Gasteiger charge is 2.38. The molecule has 21 heavy (non-hydrogen) atoms. The fraction of sp³-hybridized carbons (Fsp3) is 0.643. The fourth-order valence-corrected chi connectivity index (χ4v) is 1.70. The summed E-state index contributed by atoms with van der Waals surface area (Å²) in [6.07, 6.45) is -5.06. The third-order valence-electron chi connectivity index (χ3n) is 2.94. The molecule has 0 saturated carbocycles. The molecule has 0 radical (unpaired) electrons. The van der Waals surface area contributed by atoms with Gasteiger partial charge in [-0.2, -0.15) is 23.7 Å². The zero-order valence-corrected chi connectivity index (χ0v) is 12.1. The van der Waals surface area contributed by atoms with Gasteiger partial charge in [-0.25, -0.2) is 4.98 Å². The molecule has 7 heteroatoms. The molecule has 0 unspecified atom stereocenters. The van der Waals surface area contributed by atoms with E-state index < -0.39 is 24.4 Å². The molecule has 1 aromatic heterocycles. The molecule has 1 heterocycles. The van der Waals surface area contributed by atoms with Crippen LogP contribution in [0.1, 0.15) is 45.2 Å². The van der Waals surface area contributed by atoms with E-state index in [1.165, 1.54) is 6.26 Å². The molecule has 0 saturated heterocycles. The number of hydrogen-bond donors (Lipinski definition) is 0. The van der Waals surface area contributed by atoms with E-state index >= 15 is 0 Å². The van der Waals surface area contributed by atoms with Crippen LogP contribution in [0.3, 0.4) is 0 Å². The maximum atomic E-state index is 12.3. The number of hydrogen-bond acceptors (Lipinski definition) is 4. The summed E-state index contributed by atoms with van der Waals surface area (Å²) in [5.41, 5.74) is -1.79. The molecule has 0 atom stereocenters. The normalized spacial score (nSPS) is 12.8. The Bertz CT molecular complexity index is 556. The van der Waals surface area contributed by atoms with E-state index in [4.69, 9.17) is 14.9 Å². The van der Waals surface area contributed by atoms with E-state index in [1.54, 1.807) is 12.1 Å². The molecular weight excluding hydrogens is 283 g/mol. The molecule has 114 valence electrons. The highest BCUT2D eigenvalue weighted by molar-refractivity contribution is 5.19. The lowest BCUT2D eigenvalue weighted by Gasteiger charge is -2.18. The number of nitrogens with zero attached hydrogens (tertiary/aromatic N) is 3. The molecule has 0 spiro atoms. The van der Waals surface area contributed by atoms with Gasteiger partial charge in [0.2, 0.25) is 0 Å². The number of alkyl halides is 3. The Kier molecular flexibility index (Phi) is 4.68.